The van der Waals surface area contributed by atoms with E-state index >= 15 is 0 Å². The summed E-state index contributed by atoms with van der Waals surface area (Å²) in [6.07, 6.45) is -0.634. The predicted octanol–water partition coefficient (Wildman–Crippen LogP) is 2.97. The summed E-state index contributed by atoms with van der Waals surface area (Å²) < 4.78 is 9.88. The second-order valence-corrected chi connectivity index (χ2v) is 5.20. The molecule has 0 bridgehead atoms. The van der Waals surface area contributed by atoms with E-state index in [2.05, 4.69) is 14.8 Å². The molecule has 1 rings (SSSR count). The summed E-state index contributed by atoms with van der Waals surface area (Å²) in [6, 6.07) is 6.60. The first-order valence-electron chi connectivity index (χ1n) is 6.68. The van der Waals surface area contributed by atoms with Gasteiger partial charge in [-0.3, -0.25) is 4.89 Å². The number of ether oxygens (including phenoxy) is 2. The van der Waals surface area contributed by atoms with Crippen LogP contribution in [0.25, 0.3) is 0 Å². The molecule has 0 saturated carbocycles. The molecule has 0 heterocycles. The molecular weight excluding hydrogens is 292 g/mol. The third kappa shape index (κ3) is 6.55. The van der Waals surface area contributed by atoms with Crippen LogP contribution in [0.5, 0.6) is 0 Å². The molecule has 122 valence electrons. The van der Waals surface area contributed by atoms with Gasteiger partial charge in [-0.2, -0.15) is 0 Å². The van der Waals surface area contributed by atoms with Gasteiger partial charge in [-0.05, 0) is 32.9 Å². The van der Waals surface area contributed by atoms with Crippen molar-refractivity contribution in [1.82, 2.24) is 0 Å². The first-order chi connectivity index (χ1) is 10.3. The van der Waals surface area contributed by atoms with Gasteiger partial charge < -0.3 is 9.47 Å². The van der Waals surface area contributed by atoms with E-state index in [9.17, 15) is 9.59 Å². The SMILES string of the molecule is COC(C)(C)CCOC(=O)OOOC(=O)c1ccc(C)cc1. The predicted molar refractivity (Wildman–Crippen MR) is 75.8 cm³/mol. The highest BCUT2D eigenvalue weighted by Crippen LogP contribution is 2.12. The largest absolute Gasteiger partial charge is 0.543 e. The van der Waals surface area contributed by atoms with Gasteiger partial charge in [0.25, 0.3) is 0 Å². The van der Waals surface area contributed by atoms with Crippen LogP contribution in [0.4, 0.5) is 4.79 Å². The fourth-order valence-corrected chi connectivity index (χ4v) is 1.32. The van der Waals surface area contributed by atoms with E-state index in [1.54, 1.807) is 31.4 Å². The Bertz CT molecular complexity index is 493. The molecule has 0 saturated heterocycles. The zero-order chi connectivity index (χ0) is 16.6. The minimum atomic E-state index is -1.11. The maximum atomic E-state index is 11.5. The maximum absolute atomic E-state index is 11.5. The summed E-state index contributed by atoms with van der Waals surface area (Å²) in [5.41, 5.74) is 0.847. The molecule has 0 fully saturated rings. The molecule has 1 aromatic rings. The van der Waals surface area contributed by atoms with Crippen LogP contribution in [0.3, 0.4) is 0 Å². The van der Waals surface area contributed by atoms with Crippen molar-refractivity contribution < 1.29 is 33.9 Å². The van der Waals surface area contributed by atoms with Crippen LogP contribution in [0.1, 0.15) is 36.2 Å². The number of methoxy groups -OCH3 is 1. The lowest BCUT2D eigenvalue weighted by atomic mass is 10.1. The fourth-order valence-electron chi connectivity index (χ4n) is 1.32. The van der Waals surface area contributed by atoms with E-state index in [1.165, 1.54) is 0 Å². The van der Waals surface area contributed by atoms with E-state index in [-0.39, 0.29) is 12.2 Å². The Kier molecular flexibility index (Phi) is 6.81. The molecule has 0 spiro atoms. The van der Waals surface area contributed by atoms with Crippen molar-refractivity contribution in [2.24, 2.45) is 0 Å². The standard InChI is InChI=1S/C15H20O7/c1-11-5-7-12(8-6-11)13(16)20-22-21-14(17)19-10-9-15(2,3)18-4/h5-8H,9-10H2,1-4H3. The van der Waals surface area contributed by atoms with Gasteiger partial charge in [0.05, 0.1) is 22.8 Å². The first-order valence-corrected chi connectivity index (χ1v) is 6.68. The van der Waals surface area contributed by atoms with E-state index < -0.39 is 17.7 Å². The Labute approximate surface area is 128 Å². The molecule has 0 radical (unpaired) electrons. The summed E-state index contributed by atoms with van der Waals surface area (Å²) in [5.74, 6) is -0.784. The smallest absolute Gasteiger partial charge is 0.432 e. The number of hydrogen-bond acceptors (Lipinski definition) is 7. The van der Waals surface area contributed by atoms with E-state index in [1.807, 2.05) is 20.8 Å². The molecular formula is C15H20O7. The van der Waals surface area contributed by atoms with E-state index in [0.29, 0.717) is 6.42 Å². The van der Waals surface area contributed by atoms with Crippen LogP contribution in [-0.2, 0) is 24.3 Å². The third-order valence-electron chi connectivity index (χ3n) is 2.98. The molecule has 0 aliphatic heterocycles. The van der Waals surface area contributed by atoms with Crippen LogP contribution in [0, 0.1) is 6.92 Å². The van der Waals surface area contributed by atoms with Crippen molar-refractivity contribution in [3.63, 3.8) is 0 Å². The Balaban J connectivity index is 2.22. The molecule has 1 aromatic carbocycles. The van der Waals surface area contributed by atoms with Gasteiger partial charge in [0.2, 0.25) is 0 Å². The number of aryl methyl sites for hydroxylation is 1. The average molecular weight is 312 g/mol. The number of hydrogen-bond donors (Lipinski definition) is 0. The van der Waals surface area contributed by atoms with Crippen molar-refractivity contribution in [1.29, 1.82) is 0 Å². The van der Waals surface area contributed by atoms with Crippen LogP contribution in [0.2, 0.25) is 0 Å². The van der Waals surface area contributed by atoms with Gasteiger partial charge in [-0.1, -0.05) is 17.7 Å². The minimum absolute atomic E-state index is 0.0783. The second-order valence-electron chi connectivity index (χ2n) is 5.20. The Morgan fingerprint density at radius 3 is 2.32 bits per heavy atom. The number of carbonyl (C=O) groups excluding carboxylic acids is 2. The highest BCUT2D eigenvalue weighted by Gasteiger charge is 2.18. The monoisotopic (exact) mass is 312 g/mol. The first kappa shape index (κ1) is 17.9. The summed E-state index contributed by atoms with van der Waals surface area (Å²) >= 11 is 0. The van der Waals surface area contributed by atoms with Crippen molar-refractivity contribution in [2.45, 2.75) is 32.8 Å². The summed E-state index contributed by atoms with van der Waals surface area (Å²) in [5, 5.41) is 4.10. The summed E-state index contributed by atoms with van der Waals surface area (Å²) in [6.45, 7) is 5.66. The van der Waals surface area contributed by atoms with Crippen LogP contribution < -0.4 is 0 Å². The molecule has 0 amide bonds. The van der Waals surface area contributed by atoms with E-state index in [4.69, 9.17) is 9.47 Å². The molecule has 7 heteroatoms. The van der Waals surface area contributed by atoms with Gasteiger partial charge in [0.15, 0.2) is 0 Å². The molecule has 0 N–H and O–H groups in total. The second kappa shape index (κ2) is 8.35. The van der Waals surface area contributed by atoms with Gasteiger partial charge in [-0.15, -0.1) is 0 Å². The Hall–Kier alpha value is -2.12. The molecule has 0 aromatic heterocycles. The lowest BCUT2D eigenvalue weighted by Crippen LogP contribution is -2.25. The van der Waals surface area contributed by atoms with Crippen LogP contribution in [0.15, 0.2) is 24.3 Å². The quantitative estimate of drug-likeness (QED) is 0.435. The van der Waals surface area contributed by atoms with Gasteiger partial charge in [0.1, 0.15) is 0 Å². The highest BCUT2D eigenvalue weighted by molar-refractivity contribution is 5.88. The minimum Gasteiger partial charge on any atom is -0.432 e. The lowest BCUT2D eigenvalue weighted by molar-refractivity contribution is -0.452. The zero-order valence-corrected chi connectivity index (χ0v) is 13.1. The molecule has 7 nitrogen and oxygen atoms in total. The maximum Gasteiger partial charge on any atom is 0.543 e. The average Bonchev–Trinajstić information content (AvgIpc) is 2.47. The van der Waals surface area contributed by atoms with Crippen molar-refractivity contribution in [3.8, 4) is 0 Å². The van der Waals surface area contributed by atoms with Crippen molar-refractivity contribution in [2.75, 3.05) is 13.7 Å². The normalized spacial score (nSPS) is 10.9. The van der Waals surface area contributed by atoms with Crippen molar-refractivity contribution >= 4 is 12.1 Å². The Morgan fingerprint density at radius 1 is 1.09 bits per heavy atom. The molecule has 0 aliphatic carbocycles. The van der Waals surface area contributed by atoms with Gasteiger partial charge >= 0.3 is 12.1 Å². The van der Waals surface area contributed by atoms with E-state index in [0.717, 1.165) is 5.56 Å². The summed E-state index contributed by atoms with van der Waals surface area (Å²) in [7, 11) is 1.56. The van der Waals surface area contributed by atoms with Crippen LogP contribution >= 0.6 is 0 Å². The Morgan fingerprint density at radius 2 is 1.73 bits per heavy atom. The number of benzene rings is 1. The topological polar surface area (TPSA) is 80.3 Å². The highest BCUT2D eigenvalue weighted by atomic mass is 17.5. The summed E-state index contributed by atoms with van der Waals surface area (Å²) in [4.78, 5) is 31.2. The van der Waals surface area contributed by atoms with Gasteiger partial charge in [0, 0.05) is 13.5 Å². The lowest BCUT2D eigenvalue weighted by Gasteiger charge is -2.21. The molecule has 22 heavy (non-hydrogen) atoms. The van der Waals surface area contributed by atoms with Gasteiger partial charge in [-0.25, -0.2) is 14.5 Å². The number of carbonyl (C=O) groups is 2. The molecule has 0 aliphatic rings. The fraction of sp³-hybridized carbons (Fsp3) is 0.467. The molecule has 0 unspecified atom stereocenters. The van der Waals surface area contributed by atoms with Crippen molar-refractivity contribution in [3.05, 3.63) is 35.4 Å². The number of rotatable bonds is 7. The zero-order valence-electron chi connectivity index (χ0n) is 13.1. The molecule has 0 atom stereocenters. The third-order valence-corrected chi connectivity index (χ3v) is 2.98. The van der Waals surface area contributed by atoms with Crippen LogP contribution in [-0.4, -0.2) is 31.4 Å².